The lowest BCUT2D eigenvalue weighted by Gasteiger charge is -2.07. The van der Waals surface area contributed by atoms with E-state index in [9.17, 15) is 9.18 Å². The number of aromatic nitrogens is 1. The molecule has 0 bridgehead atoms. The molecule has 0 aliphatic rings. The van der Waals surface area contributed by atoms with Crippen LogP contribution in [0.5, 0.6) is 0 Å². The quantitative estimate of drug-likeness (QED) is 0.786. The first-order valence-corrected chi connectivity index (χ1v) is 5.30. The van der Waals surface area contributed by atoms with Crippen LogP contribution in [0, 0.1) is 5.82 Å². The van der Waals surface area contributed by atoms with Crippen LogP contribution in [-0.2, 0) is 0 Å². The summed E-state index contributed by atoms with van der Waals surface area (Å²) in [5.41, 5.74) is 7.28. The molecule has 16 heavy (non-hydrogen) atoms. The van der Waals surface area contributed by atoms with Gasteiger partial charge in [0.25, 0.3) is 5.91 Å². The average molecular weight is 237 g/mol. The number of hydrogen-bond donors (Lipinski definition) is 2. The van der Waals surface area contributed by atoms with Crippen molar-refractivity contribution in [2.75, 3.05) is 11.1 Å². The monoisotopic (exact) mass is 237 g/mol. The van der Waals surface area contributed by atoms with E-state index >= 15 is 0 Å². The topological polar surface area (TPSA) is 68.0 Å². The fourth-order valence-electron chi connectivity index (χ4n) is 1.18. The zero-order valence-electron chi connectivity index (χ0n) is 8.11. The number of nitrogen functional groups attached to an aromatic ring is 1. The maximum atomic E-state index is 13.3. The van der Waals surface area contributed by atoms with Gasteiger partial charge in [-0.05, 0) is 12.1 Å². The minimum atomic E-state index is -0.558. The van der Waals surface area contributed by atoms with Gasteiger partial charge in [-0.3, -0.25) is 9.78 Å². The zero-order chi connectivity index (χ0) is 11.5. The molecule has 82 valence electrons. The van der Waals surface area contributed by atoms with Gasteiger partial charge < -0.3 is 11.1 Å². The Kier molecular flexibility index (Phi) is 2.82. The Morgan fingerprint density at radius 1 is 1.50 bits per heavy atom. The molecule has 0 atom stereocenters. The van der Waals surface area contributed by atoms with Gasteiger partial charge in [-0.25, -0.2) is 4.39 Å². The lowest BCUT2D eigenvalue weighted by Crippen LogP contribution is -2.13. The van der Waals surface area contributed by atoms with E-state index in [1.807, 2.05) is 0 Å². The van der Waals surface area contributed by atoms with Crippen molar-refractivity contribution in [3.05, 3.63) is 40.6 Å². The van der Waals surface area contributed by atoms with Crippen LogP contribution in [-0.4, -0.2) is 10.9 Å². The van der Waals surface area contributed by atoms with Crippen molar-refractivity contribution in [1.29, 1.82) is 0 Å². The van der Waals surface area contributed by atoms with Crippen LogP contribution in [0.2, 0.25) is 0 Å². The van der Waals surface area contributed by atoms with Gasteiger partial charge in [0.2, 0.25) is 0 Å². The maximum absolute atomic E-state index is 13.3. The first kappa shape index (κ1) is 10.6. The van der Waals surface area contributed by atoms with Crippen molar-refractivity contribution in [3.8, 4) is 0 Å². The molecule has 6 heteroatoms. The predicted molar refractivity (Wildman–Crippen MR) is 60.9 cm³/mol. The molecule has 1 heterocycles. The second-order valence-corrected chi connectivity index (χ2v) is 3.91. The summed E-state index contributed by atoms with van der Waals surface area (Å²) in [4.78, 5) is 15.8. The molecule has 0 unspecified atom stereocenters. The number of nitrogens with one attached hydrogen (secondary N) is 1. The minimum Gasteiger partial charge on any atom is -0.397 e. The van der Waals surface area contributed by atoms with Gasteiger partial charge in [0.05, 0.1) is 17.4 Å². The van der Waals surface area contributed by atoms with Gasteiger partial charge in [-0.1, -0.05) is 6.07 Å². The van der Waals surface area contributed by atoms with Crippen molar-refractivity contribution >= 4 is 28.6 Å². The van der Waals surface area contributed by atoms with E-state index in [-0.39, 0.29) is 11.4 Å². The molecule has 0 fully saturated rings. The van der Waals surface area contributed by atoms with Crippen LogP contribution in [0.25, 0.3) is 0 Å². The summed E-state index contributed by atoms with van der Waals surface area (Å²) < 4.78 is 13.3. The van der Waals surface area contributed by atoms with E-state index < -0.39 is 11.7 Å². The van der Waals surface area contributed by atoms with Gasteiger partial charge in [0.15, 0.2) is 0 Å². The van der Waals surface area contributed by atoms with E-state index in [0.29, 0.717) is 4.88 Å². The van der Waals surface area contributed by atoms with Gasteiger partial charge in [-0.2, -0.15) is 0 Å². The lowest BCUT2D eigenvalue weighted by molar-refractivity contribution is 0.103. The number of carbonyl (C=O) groups excluding carboxylic acids is 1. The highest BCUT2D eigenvalue weighted by atomic mass is 32.1. The Balaban J connectivity index is 2.25. The largest absolute Gasteiger partial charge is 0.397 e. The lowest BCUT2D eigenvalue weighted by atomic mass is 10.2. The number of halogens is 1. The highest BCUT2D eigenvalue weighted by Gasteiger charge is 2.12. The summed E-state index contributed by atoms with van der Waals surface area (Å²) >= 11 is 1.18. The molecule has 0 saturated carbocycles. The summed E-state index contributed by atoms with van der Waals surface area (Å²) in [5.74, 6) is -0.975. The van der Waals surface area contributed by atoms with Crippen molar-refractivity contribution in [1.82, 2.24) is 4.98 Å². The number of anilines is 2. The number of carbonyl (C=O) groups is 1. The Hall–Kier alpha value is -1.95. The molecular weight excluding hydrogens is 229 g/mol. The average Bonchev–Trinajstić information content (AvgIpc) is 2.76. The molecule has 0 radical (unpaired) electrons. The smallest absolute Gasteiger partial charge is 0.267 e. The van der Waals surface area contributed by atoms with Crippen LogP contribution >= 0.6 is 11.3 Å². The van der Waals surface area contributed by atoms with Crippen LogP contribution in [0.1, 0.15) is 9.67 Å². The van der Waals surface area contributed by atoms with E-state index in [1.54, 1.807) is 0 Å². The summed E-state index contributed by atoms with van der Waals surface area (Å²) in [6, 6.07) is 4.23. The van der Waals surface area contributed by atoms with Gasteiger partial charge in [0, 0.05) is 0 Å². The predicted octanol–water partition coefficient (Wildman–Crippen LogP) is 2.12. The molecule has 2 rings (SSSR count). The molecule has 3 N–H and O–H groups in total. The Bertz CT molecular complexity index is 493. The number of amides is 1. The van der Waals surface area contributed by atoms with E-state index in [2.05, 4.69) is 10.3 Å². The third-order valence-corrected chi connectivity index (χ3v) is 2.71. The number of nitrogens with zero attached hydrogens (tertiary/aromatic N) is 1. The van der Waals surface area contributed by atoms with E-state index in [0.717, 1.165) is 0 Å². The number of rotatable bonds is 2. The number of hydrogen-bond acceptors (Lipinski definition) is 4. The normalized spacial score (nSPS) is 10.1. The summed E-state index contributed by atoms with van der Waals surface area (Å²) in [5, 5.41) is 2.41. The molecule has 4 nitrogen and oxygen atoms in total. The van der Waals surface area contributed by atoms with E-state index in [1.165, 1.54) is 41.2 Å². The molecule has 1 aromatic heterocycles. The SMILES string of the molecule is Nc1cccc(F)c1NC(=O)c1cncs1. The molecule has 0 aliphatic heterocycles. The van der Waals surface area contributed by atoms with Crippen molar-refractivity contribution < 1.29 is 9.18 Å². The highest BCUT2D eigenvalue weighted by molar-refractivity contribution is 7.11. The third kappa shape index (κ3) is 2.01. The fourth-order valence-corrected chi connectivity index (χ4v) is 1.69. The van der Waals surface area contributed by atoms with Crippen molar-refractivity contribution in [3.63, 3.8) is 0 Å². The molecule has 0 spiro atoms. The molecule has 2 aromatic rings. The Morgan fingerprint density at radius 3 is 2.94 bits per heavy atom. The van der Waals surface area contributed by atoms with Gasteiger partial charge >= 0.3 is 0 Å². The number of thiazole rings is 1. The molecular formula is C10H8FN3OS. The van der Waals surface area contributed by atoms with Crippen LogP contribution in [0.3, 0.4) is 0 Å². The van der Waals surface area contributed by atoms with Crippen LogP contribution < -0.4 is 11.1 Å². The summed E-state index contributed by atoms with van der Waals surface area (Å²) in [6.07, 6.45) is 1.41. The number of nitrogens with two attached hydrogens (primary N) is 1. The van der Waals surface area contributed by atoms with E-state index in [4.69, 9.17) is 5.73 Å². The van der Waals surface area contributed by atoms with Crippen LogP contribution in [0.15, 0.2) is 29.9 Å². The first-order chi connectivity index (χ1) is 7.68. The molecule has 1 amide bonds. The van der Waals surface area contributed by atoms with Crippen molar-refractivity contribution in [2.24, 2.45) is 0 Å². The van der Waals surface area contributed by atoms with Gasteiger partial charge in [0.1, 0.15) is 16.4 Å². The Morgan fingerprint density at radius 2 is 2.31 bits per heavy atom. The Labute approximate surface area is 94.9 Å². The second-order valence-electron chi connectivity index (χ2n) is 3.02. The zero-order valence-corrected chi connectivity index (χ0v) is 8.92. The fraction of sp³-hybridized carbons (Fsp3) is 0. The summed E-state index contributed by atoms with van der Waals surface area (Å²) in [6.45, 7) is 0. The van der Waals surface area contributed by atoms with Gasteiger partial charge in [-0.15, -0.1) is 11.3 Å². The minimum absolute atomic E-state index is 0.000833. The summed E-state index contributed by atoms with van der Waals surface area (Å²) in [7, 11) is 0. The number of para-hydroxylation sites is 1. The number of benzene rings is 1. The molecule has 0 aliphatic carbocycles. The van der Waals surface area contributed by atoms with Crippen LogP contribution in [0.4, 0.5) is 15.8 Å². The highest BCUT2D eigenvalue weighted by Crippen LogP contribution is 2.22. The third-order valence-electron chi connectivity index (χ3n) is 1.94. The standard InChI is InChI=1S/C10H8FN3OS/c11-6-2-1-3-7(12)9(6)14-10(15)8-4-13-5-16-8/h1-5H,12H2,(H,14,15). The molecule has 1 aromatic carbocycles. The first-order valence-electron chi connectivity index (χ1n) is 4.42. The van der Waals surface area contributed by atoms with Crippen molar-refractivity contribution in [2.45, 2.75) is 0 Å². The molecule has 0 saturated heterocycles. The second kappa shape index (κ2) is 4.28. The maximum Gasteiger partial charge on any atom is 0.267 e.